The lowest BCUT2D eigenvalue weighted by molar-refractivity contribution is 0.354. The lowest BCUT2D eigenvalue weighted by Crippen LogP contribution is -2.34. The van der Waals surface area contributed by atoms with Crippen molar-refractivity contribution in [3.63, 3.8) is 0 Å². The summed E-state index contributed by atoms with van der Waals surface area (Å²) in [6, 6.07) is 11.6. The van der Waals surface area contributed by atoms with Crippen molar-refractivity contribution in [2.24, 2.45) is 5.73 Å². The SMILES string of the molecule is NC1CC(c2c(-c3ccc(F)cc3)[nH]c3c(F)cccc23)C1. The largest absolute Gasteiger partial charge is 0.352 e. The molecular formula is C18H16F2N2. The molecule has 0 bridgehead atoms. The van der Waals surface area contributed by atoms with Crippen LogP contribution in [-0.2, 0) is 0 Å². The number of nitrogens with one attached hydrogen (secondary N) is 1. The number of halogens is 2. The van der Waals surface area contributed by atoms with Crippen LogP contribution in [0.3, 0.4) is 0 Å². The number of H-pyrrole nitrogens is 1. The summed E-state index contributed by atoms with van der Waals surface area (Å²) in [5.74, 6) is -0.223. The van der Waals surface area contributed by atoms with E-state index < -0.39 is 0 Å². The second-order valence-corrected chi connectivity index (χ2v) is 6.01. The molecule has 1 fully saturated rings. The summed E-state index contributed by atoms with van der Waals surface area (Å²) < 4.78 is 27.3. The highest BCUT2D eigenvalue weighted by atomic mass is 19.1. The average molecular weight is 298 g/mol. The molecule has 4 heteroatoms. The molecule has 3 aromatic rings. The molecule has 2 aromatic carbocycles. The van der Waals surface area contributed by atoms with Gasteiger partial charge in [-0.3, -0.25) is 0 Å². The molecule has 0 unspecified atom stereocenters. The topological polar surface area (TPSA) is 41.8 Å². The monoisotopic (exact) mass is 298 g/mol. The first kappa shape index (κ1) is 13.5. The average Bonchev–Trinajstić information content (AvgIpc) is 2.85. The molecule has 4 rings (SSSR count). The van der Waals surface area contributed by atoms with E-state index in [4.69, 9.17) is 5.73 Å². The molecule has 0 saturated heterocycles. The van der Waals surface area contributed by atoms with Crippen molar-refractivity contribution >= 4 is 10.9 Å². The number of nitrogens with two attached hydrogens (primary N) is 1. The van der Waals surface area contributed by atoms with Gasteiger partial charge in [-0.05, 0) is 60.2 Å². The molecule has 3 N–H and O–H groups in total. The lowest BCUT2D eigenvalue weighted by atomic mass is 9.75. The molecule has 0 atom stereocenters. The van der Waals surface area contributed by atoms with Crippen molar-refractivity contribution in [2.45, 2.75) is 24.8 Å². The fourth-order valence-electron chi connectivity index (χ4n) is 3.37. The quantitative estimate of drug-likeness (QED) is 0.727. The van der Waals surface area contributed by atoms with Gasteiger partial charge in [0.2, 0.25) is 0 Å². The molecule has 0 radical (unpaired) electrons. The maximum Gasteiger partial charge on any atom is 0.147 e. The minimum absolute atomic E-state index is 0.213. The summed E-state index contributed by atoms with van der Waals surface area (Å²) in [5.41, 5.74) is 9.28. The highest BCUT2D eigenvalue weighted by Crippen LogP contribution is 2.44. The predicted octanol–water partition coefficient (Wildman–Crippen LogP) is 4.32. The zero-order valence-electron chi connectivity index (χ0n) is 11.9. The fraction of sp³-hybridized carbons (Fsp3) is 0.222. The number of aromatic nitrogens is 1. The van der Waals surface area contributed by atoms with E-state index in [0.717, 1.165) is 35.0 Å². The Hall–Kier alpha value is -2.20. The van der Waals surface area contributed by atoms with E-state index in [1.807, 2.05) is 6.07 Å². The van der Waals surface area contributed by atoms with Crippen LogP contribution >= 0.6 is 0 Å². The number of hydrogen-bond donors (Lipinski definition) is 2. The van der Waals surface area contributed by atoms with Crippen molar-refractivity contribution in [2.75, 3.05) is 0 Å². The van der Waals surface area contributed by atoms with Crippen LogP contribution in [0.4, 0.5) is 8.78 Å². The first-order valence-electron chi connectivity index (χ1n) is 7.45. The third-order valence-electron chi connectivity index (χ3n) is 4.54. The van der Waals surface area contributed by atoms with Crippen molar-refractivity contribution in [1.82, 2.24) is 4.98 Å². The molecule has 2 nitrogen and oxygen atoms in total. The van der Waals surface area contributed by atoms with Gasteiger partial charge in [-0.2, -0.15) is 0 Å². The summed E-state index contributed by atoms with van der Waals surface area (Å²) in [7, 11) is 0. The fourth-order valence-corrected chi connectivity index (χ4v) is 3.37. The normalized spacial score (nSPS) is 21.0. The van der Waals surface area contributed by atoms with Crippen LogP contribution in [0, 0.1) is 11.6 Å². The Morgan fingerprint density at radius 2 is 1.73 bits per heavy atom. The molecule has 1 heterocycles. The van der Waals surface area contributed by atoms with Gasteiger partial charge < -0.3 is 10.7 Å². The molecule has 0 amide bonds. The Labute approximate surface area is 127 Å². The standard InChI is InChI=1S/C18H16F2N2/c19-12-6-4-10(5-7-12)17-16(11-8-13(21)9-11)14-2-1-3-15(20)18(14)22-17/h1-7,11,13,22H,8-9,21H2. The van der Waals surface area contributed by atoms with E-state index in [1.165, 1.54) is 18.2 Å². The Morgan fingerprint density at radius 3 is 2.41 bits per heavy atom. The Bertz CT molecular complexity index is 830. The molecule has 1 aliphatic carbocycles. The maximum absolute atomic E-state index is 14.1. The number of rotatable bonds is 2. The van der Waals surface area contributed by atoms with Crippen LogP contribution in [0.5, 0.6) is 0 Å². The third-order valence-corrected chi connectivity index (χ3v) is 4.54. The first-order valence-corrected chi connectivity index (χ1v) is 7.45. The summed E-state index contributed by atoms with van der Waals surface area (Å²) >= 11 is 0. The maximum atomic E-state index is 14.1. The summed E-state index contributed by atoms with van der Waals surface area (Å²) in [5, 5.41) is 0.899. The highest BCUT2D eigenvalue weighted by molar-refractivity contribution is 5.92. The van der Waals surface area contributed by atoms with E-state index in [9.17, 15) is 8.78 Å². The molecule has 112 valence electrons. The molecule has 1 aromatic heterocycles. The van der Waals surface area contributed by atoms with Crippen LogP contribution in [0.15, 0.2) is 42.5 Å². The number of para-hydroxylation sites is 1. The minimum Gasteiger partial charge on any atom is -0.352 e. The van der Waals surface area contributed by atoms with E-state index in [0.29, 0.717) is 11.4 Å². The molecule has 1 aliphatic rings. The lowest BCUT2D eigenvalue weighted by Gasteiger charge is -2.33. The molecule has 1 saturated carbocycles. The van der Waals surface area contributed by atoms with E-state index in [-0.39, 0.29) is 17.7 Å². The zero-order valence-corrected chi connectivity index (χ0v) is 11.9. The Kier molecular flexibility index (Phi) is 3.01. The van der Waals surface area contributed by atoms with Gasteiger partial charge in [0.1, 0.15) is 11.6 Å². The predicted molar refractivity (Wildman–Crippen MR) is 83.6 cm³/mol. The summed E-state index contributed by atoms with van der Waals surface area (Å²) in [4.78, 5) is 3.19. The van der Waals surface area contributed by atoms with Gasteiger partial charge in [-0.25, -0.2) is 8.78 Å². The van der Waals surface area contributed by atoms with Crippen LogP contribution in [-0.4, -0.2) is 11.0 Å². The van der Waals surface area contributed by atoms with Crippen LogP contribution in [0.25, 0.3) is 22.2 Å². The van der Waals surface area contributed by atoms with Crippen LogP contribution in [0.1, 0.15) is 24.3 Å². The Balaban J connectivity index is 1.94. The van der Waals surface area contributed by atoms with Crippen molar-refractivity contribution in [3.05, 3.63) is 59.7 Å². The van der Waals surface area contributed by atoms with Gasteiger partial charge in [-0.1, -0.05) is 12.1 Å². The smallest absolute Gasteiger partial charge is 0.147 e. The van der Waals surface area contributed by atoms with Gasteiger partial charge in [-0.15, -0.1) is 0 Å². The molecule has 0 spiro atoms. The van der Waals surface area contributed by atoms with Crippen LogP contribution < -0.4 is 5.73 Å². The van der Waals surface area contributed by atoms with E-state index in [1.54, 1.807) is 18.2 Å². The Morgan fingerprint density at radius 1 is 1.00 bits per heavy atom. The second kappa shape index (κ2) is 4.92. The van der Waals surface area contributed by atoms with E-state index in [2.05, 4.69) is 4.98 Å². The molecule has 22 heavy (non-hydrogen) atoms. The number of benzene rings is 2. The molecule has 0 aliphatic heterocycles. The van der Waals surface area contributed by atoms with Gasteiger partial charge in [0.05, 0.1) is 11.2 Å². The van der Waals surface area contributed by atoms with Gasteiger partial charge >= 0.3 is 0 Å². The van der Waals surface area contributed by atoms with Crippen molar-refractivity contribution in [1.29, 1.82) is 0 Å². The summed E-state index contributed by atoms with van der Waals surface area (Å²) in [6.45, 7) is 0. The number of fused-ring (bicyclic) bond motifs is 1. The number of aromatic amines is 1. The molecular weight excluding hydrogens is 282 g/mol. The van der Waals surface area contributed by atoms with E-state index >= 15 is 0 Å². The third kappa shape index (κ3) is 2.03. The van der Waals surface area contributed by atoms with Gasteiger partial charge in [0, 0.05) is 11.4 Å². The number of hydrogen-bond acceptors (Lipinski definition) is 1. The van der Waals surface area contributed by atoms with Crippen molar-refractivity contribution in [3.8, 4) is 11.3 Å². The summed E-state index contributed by atoms with van der Waals surface area (Å²) in [6.07, 6.45) is 1.80. The zero-order chi connectivity index (χ0) is 15.3. The first-order chi connectivity index (χ1) is 10.6. The highest BCUT2D eigenvalue weighted by Gasteiger charge is 2.32. The van der Waals surface area contributed by atoms with Gasteiger partial charge in [0.25, 0.3) is 0 Å². The van der Waals surface area contributed by atoms with Gasteiger partial charge in [0.15, 0.2) is 0 Å². The van der Waals surface area contributed by atoms with Crippen LogP contribution in [0.2, 0.25) is 0 Å². The second-order valence-electron chi connectivity index (χ2n) is 6.01. The van der Waals surface area contributed by atoms with Crippen molar-refractivity contribution < 1.29 is 8.78 Å². The minimum atomic E-state index is -0.279.